The first-order valence-corrected chi connectivity index (χ1v) is 6.05. The van der Waals surface area contributed by atoms with Crippen LogP contribution in [0.5, 0.6) is 0 Å². The van der Waals surface area contributed by atoms with Crippen molar-refractivity contribution in [3.8, 4) is 0 Å². The van der Waals surface area contributed by atoms with Crippen LogP contribution in [-0.4, -0.2) is 4.98 Å². The summed E-state index contributed by atoms with van der Waals surface area (Å²) in [6.07, 6.45) is 1.77. The van der Waals surface area contributed by atoms with E-state index >= 15 is 0 Å². The van der Waals surface area contributed by atoms with Gasteiger partial charge in [-0.1, -0.05) is 6.07 Å². The van der Waals surface area contributed by atoms with Crippen molar-refractivity contribution in [3.05, 3.63) is 58.1 Å². The molecule has 1 aromatic carbocycles. The van der Waals surface area contributed by atoms with Crippen LogP contribution in [0.4, 0.5) is 10.1 Å². The molecule has 0 aliphatic carbocycles. The van der Waals surface area contributed by atoms with E-state index in [1.54, 1.807) is 18.3 Å². The molecule has 0 aliphatic heterocycles. The van der Waals surface area contributed by atoms with E-state index in [9.17, 15) is 4.39 Å². The van der Waals surface area contributed by atoms with Gasteiger partial charge in [0.1, 0.15) is 5.82 Å². The lowest BCUT2D eigenvalue weighted by molar-refractivity contribution is 0.621. The van der Waals surface area contributed by atoms with Gasteiger partial charge < -0.3 is 5.32 Å². The fourth-order valence-corrected chi connectivity index (χ4v) is 1.87. The summed E-state index contributed by atoms with van der Waals surface area (Å²) in [7, 11) is 0. The van der Waals surface area contributed by atoms with Crippen LogP contribution in [0.25, 0.3) is 0 Å². The van der Waals surface area contributed by atoms with Gasteiger partial charge in [-0.15, -0.1) is 0 Å². The Bertz CT molecular complexity index is 529. The maximum atomic E-state index is 13.0. The first-order valence-electron chi connectivity index (χ1n) is 5.26. The summed E-state index contributed by atoms with van der Waals surface area (Å²) in [5.74, 6) is -0.260. The van der Waals surface area contributed by atoms with E-state index in [0.717, 1.165) is 16.9 Å². The highest BCUT2D eigenvalue weighted by Crippen LogP contribution is 2.20. The molecule has 0 aliphatic rings. The first-order chi connectivity index (χ1) is 8.16. The zero-order chi connectivity index (χ0) is 12.3. The quantitative estimate of drug-likeness (QED) is 0.928. The minimum atomic E-state index is -0.260. The molecule has 0 fully saturated rings. The number of hydrogen-bond acceptors (Lipinski definition) is 2. The summed E-state index contributed by atoms with van der Waals surface area (Å²) < 4.78 is 13.5. The SMILES string of the molecule is Cc1cccnc1CNc1ccc(F)c(Br)c1. The molecule has 4 heteroatoms. The van der Waals surface area contributed by atoms with Crippen molar-refractivity contribution in [2.24, 2.45) is 0 Å². The Morgan fingerprint density at radius 3 is 2.88 bits per heavy atom. The molecule has 0 unspecified atom stereocenters. The largest absolute Gasteiger partial charge is 0.379 e. The van der Waals surface area contributed by atoms with Gasteiger partial charge in [0.2, 0.25) is 0 Å². The summed E-state index contributed by atoms with van der Waals surface area (Å²) in [4.78, 5) is 4.29. The number of rotatable bonds is 3. The Morgan fingerprint density at radius 2 is 2.18 bits per heavy atom. The Hall–Kier alpha value is -1.42. The number of pyridine rings is 1. The van der Waals surface area contributed by atoms with E-state index < -0.39 is 0 Å². The predicted molar refractivity (Wildman–Crippen MR) is 70.4 cm³/mol. The summed E-state index contributed by atoms with van der Waals surface area (Å²) in [5.41, 5.74) is 3.00. The van der Waals surface area contributed by atoms with Crippen molar-refractivity contribution in [2.45, 2.75) is 13.5 Å². The topological polar surface area (TPSA) is 24.9 Å². The first kappa shape index (κ1) is 12.0. The highest BCUT2D eigenvalue weighted by Gasteiger charge is 2.02. The second kappa shape index (κ2) is 5.27. The van der Waals surface area contributed by atoms with Crippen LogP contribution in [0.2, 0.25) is 0 Å². The third-order valence-corrected chi connectivity index (χ3v) is 3.11. The summed E-state index contributed by atoms with van der Waals surface area (Å²) in [5, 5.41) is 3.21. The summed E-state index contributed by atoms with van der Waals surface area (Å²) in [6, 6.07) is 8.78. The van der Waals surface area contributed by atoms with E-state index in [0.29, 0.717) is 11.0 Å². The monoisotopic (exact) mass is 294 g/mol. The van der Waals surface area contributed by atoms with Gasteiger partial charge in [0.25, 0.3) is 0 Å². The highest BCUT2D eigenvalue weighted by atomic mass is 79.9. The molecule has 1 N–H and O–H groups in total. The van der Waals surface area contributed by atoms with Gasteiger partial charge >= 0.3 is 0 Å². The van der Waals surface area contributed by atoms with Crippen LogP contribution >= 0.6 is 15.9 Å². The molecule has 0 spiro atoms. The smallest absolute Gasteiger partial charge is 0.137 e. The van der Waals surface area contributed by atoms with Crippen LogP contribution in [0.3, 0.4) is 0 Å². The number of nitrogens with one attached hydrogen (secondary N) is 1. The van der Waals surface area contributed by atoms with E-state index in [2.05, 4.69) is 26.2 Å². The van der Waals surface area contributed by atoms with E-state index in [1.807, 2.05) is 19.1 Å². The fraction of sp³-hybridized carbons (Fsp3) is 0.154. The molecule has 1 aromatic heterocycles. The number of hydrogen-bond donors (Lipinski definition) is 1. The lowest BCUT2D eigenvalue weighted by atomic mass is 10.2. The molecule has 17 heavy (non-hydrogen) atoms. The lowest BCUT2D eigenvalue weighted by Crippen LogP contribution is -2.03. The summed E-state index contributed by atoms with van der Waals surface area (Å²) >= 11 is 3.16. The molecule has 0 saturated heterocycles. The van der Waals surface area contributed by atoms with Gasteiger partial charge in [-0.05, 0) is 52.7 Å². The average molecular weight is 295 g/mol. The number of benzene rings is 1. The Kier molecular flexibility index (Phi) is 3.74. The van der Waals surface area contributed by atoms with Crippen LogP contribution < -0.4 is 5.32 Å². The van der Waals surface area contributed by atoms with Gasteiger partial charge in [-0.3, -0.25) is 4.98 Å². The van der Waals surface area contributed by atoms with Crippen LogP contribution in [-0.2, 0) is 6.54 Å². The van der Waals surface area contributed by atoms with Crippen molar-refractivity contribution in [1.82, 2.24) is 4.98 Å². The standard InChI is InChI=1S/C13H12BrFN2/c1-9-3-2-6-16-13(9)8-17-10-4-5-12(15)11(14)7-10/h2-7,17H,8H2,1H3. The van der Waals surface area contributed by atoms with Crippen molar-refractivity contribution in [2.75, 3.05) is 5.32 Å². The Labute approximate surface area is 108 Å². The second-order valence-corrected chi connectivity index (χ2v) is 4.60. The van der Waals surface area contributed by atoms with Crippen LogP contribution in [0, 0.1) is 12.7 Å². The maximum Gasteiger partial charge on any atom is 0.137 e. The fourth-order valence-electron chi connectivity index (χ4n) is 1.50. The van der Waals surface area contributed by atoms with Crippen molar-refractivity contribution >= 4 is 21.6 Å². The van der Waals surface area contributed by atoms with Crippen LogP contribution in [0.1, 0.15) is 11.3 Å². The number of anilines is 1. The highest BCUT2D eigenvalue weighted by molar-refractivity contribution is 9.10. The van der Waals surface area contributed by atoms with E-state index in [1.165, 1.54) is 6.07 Å². The normalized spacial score (nSPS) is 10.3. The molecule has 0 radical (unpaired) electrons. The maximum absolute atomic E-state index is 13.0. The average Bonchev–Trinajstić information content (AvgIpc) is 2.32. The second-order valence-electron chi connectivity index (χ2n) is 3.75. The molecule has 2 nitrogen and oxygen atoms in total. The van der Waals surface area contributed by atoms with Crippen LogP contribution in [0.15, 0.2) is 41.0 Å². The molecule has 2 rings (SSSR count). The van der Waals surface area contributed by atoms with E-state index in [4.69, 9.17) is 0 Å². The zero-order valence-electron chi connectivity index (χ0n) is 9.37. The molecule has 0 bridgehead atoms. The van der Waals surface area contributed by atoms with Crippen molar-refractivity contribution in [3.63, 3.8) is 0 Å². The van der Waals surface area contributed by atoms with Gasteiger partial charge in [0.15, 0.2) is 0 Å². The molecule has 0 atom stereocenters. The Balaban J connectivity index is 2.08. The van der Waals surface area contributed by atoms with Gasteiger partial charge in [-0.2, -0.15) is 0 Å². The number of halogens is 2. The zero-order valence-corrected chi connectivity index (χ0v) is 11.0. The lowest BCUT2D eigenvalue weighted by Gasteiger charge is -2.08. The number of nitrogens with zero attached hydrogens (tertiary/aromatic N) is 1. The van der Waals surface area contributed by atoms with Crippen molar-refractivity contribution < 1.29 is 4.39 Å². The third kappa shape index (κ3) is 3.03. The Morgan fingerprint density at radius 1 is 1.35 bits per heavy atom. The molecule has 0 saturated carbocycles. The van der Waals surface area contributed by atoms with E-state index in [-0.39, 0.29) is 5.82 Å². The molecule has 0 amide bonds. The van der Waals surface area contributed by atoms with Gasteiger partial charge in [-0.25, -0.2) is 4.39 Å². The molecule has 2 aromatic rings. The molecule has 88 valence electrons. The number of aromatic nitrogens is 1. The van der Waals surface area contributed by atoms with Gasteiger partial charge in [0, 0.05) is 11.9 Å². The molecular formula is C13H12BrFN2. The molecular weight excluding hydrogens is 283 g/mol. The van der Waals surface area contributed by atoms with Gasteiger partial charge in [0.05, 0.1) is 16.7 Å². The number of aryl methyl sites for hydroxylation is 1. The minimum Gasteiger partial charge on any atom is -0.379 e. The molecule has 1 heterocycles. The van der Waals surface area contributed by atoms with Crippen molar-refractivity contribution in [1.29, 1.82) is 0 Å². The third-order valence-electron chi connectivity index (χ3n) is 2.50. The summed E-state index contributed by atoms with van der Waals surface area (Å²) in [6.45, 7) is 2.65. The predicted octanol–water partition coefficient (Wildman–Crippen LogP) is 3.90. The minimum absolute atomic E-state index is 0.260.